The van der Waals surface area contributed by atoms with E-state index in [2.05, 4.69) is 40.5 Å². The number of carbonyl (C=O) groups is 1. The van der Waals surface area contributed by atoms with E-state index in [4.69, 9.17) is 9.47 Å². The fraction of sp³-hybridized carbons (Fsp3) is 0.190. The van der Waals surface area contributed by atoms with Crippen LogP contribution < -0.4 is 20.1 Å². The zero-order chi connectivity index (χ0) is 19.5. The minimum Gasteiger partial charge on any atom is -0.454 e. The highest BCUT2D eigenvalue weighted by Crippen LogP contribution is 2.34. The zero-order valence-electron chi connectivity index (χ0n) is 15.6. The Balaban J connectivity index is 1.51. The maximum atomic E-state index is 12.6. The van der Waals surface area contributed by atoms with Crippen molar-refractivity contribution in [3.05, 3.63) is 66.1 Å². The minimum atomic E-state index is -0.332. The molecule has 0 fully saturated rings. The summed E-state index contributed by atoms with van der Waals surface area (Å²) in [6, 6.07) is 14.9. The van der Waals surface area contributed by atoms with Gasteiger partial charge < -0.3 is 20.1 Å². The van der Waals surface area contributed by atoms with Crippen molar-refractivity contribution in [2.24, 2.45) is 0 Å². The molecule has 0 saturated carbocycles. The van der Waals surface area contributed by atoms with Crippen LogP contribution in [0.1, 0.15) is 35.8 Å². The monoisotopic (exact) mass is 376 g/mol. The number of fused-ring (bicyclic) bond motifs is 1. The van der Waals surface area contributed by atoms with Crippen LogP contribution in [0.5, 0.6) is 11.5 Å². The van der Waals surface area contributed by atoms with E-state index in [-0.39, 0.29) is 18.4 Å². The first-order valence-corrected chi connectivity index (χ1v) is 8.99. The van der Waals surface area contributed by atoms with Gasteiger partial charge in [0.15, 0.2) is 11.5 Å². The highest BCUT2D eigenvalue weighted by atomic mass is 16.7. The lowest BCUT2D eigenvalue weighted by molar-refractivity contribution is 0.102. The summed E-state index contributed by atoms with van der Waals surface area (Å²) < 4.78 is 10.6. The first-order valence-electron chi connectivity index (χ1n) is 8.99. The second-order valence-electron chi connectivity index (χ2n) is 6.68. The van der Waals surface area contributed by atoms with Crippen LogP contribution >= 0.6 is 0 Å². The van der Waals surface area contributed by atoms with Crippen molar-refractivity contribution in [1.82, 2.24) is 9.97 Å². The Hall–Kier alpha value is -3.61. The SMILES string of the molecule is CC(C)c1ccccc1Nc1cc(C(=O)Nc2ccc3c(c2)OCO3)ncn1. The van der Waals surface area contributed by atoms with E-state index in [9.17, 15) is 4.79 Å². The lowest BCUT2D eigenvalue weighted by Gasteiger charge is -2.14. The molecule has 1 aliphatic heterocycles. The van der Waals surface area contributed by atoms with Crippen LogP contribution in [0.15, 0.2) is 54.9 Å². The van der Waals surface area contributed by atoms with E-state index < -0.39 is 0 Å². The molecule has 7 nitrogen and oxygen atoms in total. The smallest absolute Gasteiger partial charge is 0.274 e. The van der Waals surface area contributed by atoms with Crippen LogP contribution in [-0.2, 0) is 0 Å². The quantitative estimate of drug-likeness (QED) is 0.690. The molecule has 2 N–H and O–H groups in total. The highest BCUT2D eigenvalue weighted by molar-refractivity contribution is 6.03. The van der Waals surface area contributed by atoms with Gasteiger partial charge in [-0.3, -0.25) is 4.79 Å². The molecule has 1 aliphatic rings. The topological polar surface area (TPSA) is 85.4 Å². The molecule has 28 heavy (non-hydrogen) atoms. The maximum absolute atomic E-state index is 12.6. The number of ether oxygens (including phenoxy) is 2. The van der Waals surface area contributed by atoms with Gasteiger partial charge in [-0.25, -0.2) is 9.97 Å². The summed E-state index contributed by atoms with van der Waals surface area (Å²) in [4.78, 5) is 20.9. The zero-order valence-corrected chi connectivity index (χ0v) is 15.6. The fourth-order valence-electron chi connectivity index (χ4n) is 2.97. The number of para-hydroxylation sites is 1. The molecule has 3 aromatic rings. The van der Waals surface area contributed by atoms with Gasteiger partial charge >= 0.3 is 0 Å². The second kappa shape index (κ2) is 7.56. The molecule has 1 amide bonds. The van der Waals surface area contributed by atoms with Crippen LogP contribution in [0.4, 0.5) is 17.2 Å². The Morgan fingerprint density at radius 1 is 1.04 bits per heavy atom. The van der Waals surface area contributed by atoms with Crippen molar-refractivity contribution in [2.45, 2.75) is 19.8 Å². The van der Waals surface area contributed by atoms with E-state index in [1.54, 1.807) is 24.3 Å². The molecule has 0 aliphatic carbocycles. The van der Waals surface area contributed by atoms with E-state index >= 15 is 0 Å². The van der Waals surface area contributed by atoms with Crippen LogP contribution in [0, 0.1) is 0 Å². The summed E-state index contributed by atoms with van der Waals surface area (Å²) in [5.41, 5.74) is 3.00. The normalized spacial score (nSPS) is 12.1. The third-order valence-corrected chi connectivity index (χ3v) is 4.38. The van der Waals surface area contributed by atoms with Gasteiger partial charge in [0.2, 0.25) is 6.79 Å². The number of amides is 1. The Labute approximate surface area is 162 Å². The number of nitrogens with one attached hydrogen (secondary N) is 2. The third-order valence-electron chi connectivity index (χ3n) is 4.38. The summed E-state index contributed by atoms with van der Waals surface area (Å²) in [6.45, 7) is 4.45. The van der Waals surface area contributed by atoms with Gasteiger partial charge in [0.25, 0.3) is 5.91 Å². The number of hydrogen-bond donors (Lipinski definition) is 2. The van der Waals surface area contributed by atoms with Crippen LogP contribution in [0.2, 0.25) is 0 Å². The lowest BCUT2D eigenvalue weighted by atomic mass is 10.0. The van der Waals surface area contributed by atoms with Crippen LogP contribution in [-0.4, -0.2) is 22.7 Å². The number of anilines is 3. The number of benzene rings is 2. The van der Waals surface area contributed by atoms with Crippen molar-refractivity contribution in [3.63, 3.8) is 0 Å². The molecule has 142 valence electrons. The predicted octanol–water partition coefficient (Wildman–Crippen LogP) is 4.32. The molecule has 4 rings (SSSR count). The summed E-state index contributed by atoms with van der Waals surface area (Å²) >= 11 is 0. The molecule has 0 saturated heterocycles. The number of carbonyl (C=O) groups excluding carboxylic acids is 1. The van der Waals surface area contributed by atoms with E-state index in [0.717, 1.165) is 5.69 Å². The van der Waals surface area contributed by atoms with Gasteiger partial charge in [-0.2, -0.15) is 0 Å². The molecule has 2 heterocycles. The lowest BCUT2D eigenvalue weighted by Crippen LogP contribution is -2.14. The Morgan fingerprint density at radius 3 is 2.71 bits per heavy atom. The van der Waals surface area contributed by atoms with Crippen molar-refractivity contribution >= 4 is 23.1 Å². The number of aromatic nitrogens is 2. The fourth-order valence-corrected chi connectivity index (χ4v) is 2.97. The number of nitrogens with zero attached hydrogens (tertiary/aromatic N) is 2. The highest BCUT2D eigenvalue weighted by Gasteiger charge is 2.16. The molecule has 0 atom stereocenters. The van der Waals surface area contributed by atoms with Gasteiger partial charge in [-0.1, -0.05) is 32.0 Å². The summed E-state index contributed by atoms with van der Waals surface area (Å²) in [6.07, 6.45) is 1.37. The number of rotatable bonds is 5. The first kappa shape index (κ1) is 17.8. The number of hydrogen-bond acceptors (Lipinski definition) is 6. The van der Waals surface area contributed by atoms with Gasteiger partial charge in [-0.05, 0) is 29.7 Å². The Bertz CT molecular complexity index is 1020. The average Bonchev–Trinajstić information content (AvgIpc) is 3.16. The van der Waals surface area contributed by atoms with Crippen LogP contribution in [0.25, 0.3) is 0 Å². The molecule has 2 aromatic carbocycles. The molecule has 0 bridgehead atoms. The average molecular weight is 376 g/mol. The Kier molecular flexibility index (Phi) is 4.80. The van der Waals surface area contributed by atoms with E-state index in [1.165, 1.54) is 11.9 Å². The largest absolute Gasteiger partial charge is 0.454 e. The molecule has 0 spiro atoms. The molecule has 0 unspecified atom stereocenters. The Morgan fingerprint density at radius 2 is 1.86 bits per heavy atom. The van der Waals surface area contributed by atoms with Crippen molar-refractivity contribution in [3.8, 4) is 11.5 Å². The minimum absolute atomic E-state index is 0.186. The van der Waals surface area contributed by atoms with Gasteiger partial charge in [-0.15, -0.1) is 0 Å². The van der Waals surface area contributed by atoms with Gasteiger partial charge in [0.05, 0.1) is 0 Å². The first-order chi connectivity index (χ1) is 13.6. The molecular formula is C21H20N4O3. The summed E-state index contributed by atoms with van der Waals surface area (Å²) in [7, 11) is 0. The molecular weight excluding hydrogens is 356 g/mol. The summed E-state index contributed by atoms with van der Waals surface area (Å²) in [5.74, 6) is 1.85. The van der Waals surface area contributed by atoms with Gasteiger partial charge in [0, 0.05) is 23.5 Å². The second-order valence-corrected chi connectivity index (χ2v) is 6.68. The molecule has 1 aromatic heterocycles. The third kappa shape index (κ3) is 3.73. The van der Waals surface area contributed by atoms with Crippen molar-refractivity contribution in [1.29, 1.82) is 0 Å². The van der Waals surface area contributed by atoms with Crippen molar-refractivity contribution in [2.75, 3.05) is 17.4 Å². The molecule has 7 heteroatoms. The molecule has 0 radical (unpaired) electrons. The van der Waals surface area contributed by atoms with Crippen molar-refractivity contribution < 1.29 is 14.3 Å². The predicted molar refractivity (Wildman–Crippen MR) is 106 cm³/mol. The summed E-state index contributed by atoms with van der Waals surface area (Å²) in [5, 5.41) is 6.10. The van der Waals surface area contributed by atoms with Gasteiger partial charge in [0.1, 0.15) is 17.8 Å². The maximum Gasteiger partial charge on any atom is 0.274 e. The van der Waals surface area contributed by atoms with E-state index in [1.807, 2.05) is 18.2 Å². The van der Waals surface area contributed by atoms with E-state index in [0.29, 0.717) is 28.9 Å². The standard InChI is InChI=1S/C21H20N4O3/c1-13(2)15-5-3-4-6-16(15)25-20-10-17(22-11-23-20)21(26)24-14-7-8-18-19(9-14)28-12-27-18/h3-11,13H,12H2,1-2H3,(H,24,26)(H,22,23,25). The van der Waals surface area contributed by atoms with Crippen LogP contribution in [0.3, 0.4) is 0 Å².